The smallest absolute Gasteiger partial charge is 0.0616 e. The van der Waals surface area contributed by atoms with Gasteiger partial charge in [0.2, 0.25) is 0 Å². The molecule has 0 spiro atoms. The molecule has 5 rings (SSSR count). The minimum atomic E-state index is 0.729. The first-order valence-electron chi connectivity index (χ1n) is 5.59. The maximum Gasteiger partial charge on any atom is 0.0616 e. The Hall–Kier alpha value is -0.0400. The predicted octanol–water partition coefficient (Wildman–Crippen LogP) is 1.68. The average Bonchev–Trinajstić information content (AvgIpc) is 2.57. The van der Waals surface area contributed by atoms with Crippen molar-refractivity contribution < 1.29 is 4.74 Å². The average molecular weight is 162 g/mol. The fraction of sp³-hybridized carbons (Fsp3) is 1.00. The van der Waals surface area contributed by atoms with Gasteiger partial charge >= 0.3 is 0 Å². The molecule has 5 fully saturated rings. The van der Waals surface area contributed by atoms with Gasteiger partial charge in [0.15, 0.2) is 0 Å². The van der Waals surface area contributed by atoms with Gasteiger partial charge in [-0.15, -0.1) is 0 Å². The summed E-state index contributed by atoms with van der Waals surface area (Å²) in [5.74, 6) is 6.58. The van der Waals surface area contributed by atoms with Crippen molar-refractivity contribution in [1.82, 2.24) is 0 Å². The predicted molar refractivity (Wildman–Crippen MR) is 43.5 cm³/mol. The van der Waals surface area contributed by atoms with E-state index < -0.39 is 0 Å². The highest BCUT2D eigenvalue weighted by Crippen LogP contribution is 2.74. The minimum absolute atomic E-state index is 0.729. The number of ether oxygens (including phenoxy) is 1. The SMILES string of the molecule is C1[C@H]2[C@H]3C[C@H]4O[C@H]1C1[C@H]4[C@H]3C[C@@H]12. The second-order valence-electron chi connectivity index (χ2n) is 5.73. The molecule has 1 heteroatoms. The maximum atomic E-state index is 6.13. The van der Waals surface area contributed by atoms with Crippen LogP contribution in [0.25, 0.3) is 0 Å². The lowest BCUT2D eigenvalue weighted by Crippen LogP contribution is -2.22. The van der Waals surface area contributed by atoms with Crippen LogP contribution in [0.1, 0.15) is 19.3 Å². The molecule has 0 aromatic carbocycles. The first-order valence-corrected chi connectivity index (χ1v) is 5.59. The van der Waals surface area contributed by atoms with Crippen LogP contribution in [0, 0.1) is 35.5 Å². The van der Waals surface area contributed by atoms with Gasteiger partial charge in [-0.1, -0.05) is 0 Å². The molecule has 4 saturated carbocycles. The number of rotatable bonds is 0. The van der Waals surface area contributed by atoms with E-state index >= 15 is 0 Å². The van der Waals surface area contributed by atoms with Gasteiger partial charge in [-0.05, 0) is 54.8 Å². The topological polar surface area (TPSA) is 9.23 Å². The van der Waals surface area contributed by atoms with Crippen LogP contribution in [-0.2, 0) is 4.74 Å². The third kappa shape index (κ3) is 0.348. The van der Waals surface area contributed by atoms with Gasteiger partial charge in [0.25, 0.3) is 0 Å². The van der Waals surface area contributed by atoms with Gasteiger partial charge in [0, 0.05) is 0 Å². The highest BCUT2D eigenvalue weighted by Gasteiger charge is 2.73. The van der Waals surface area contributed by atoms with E-state index in [1.165, 1.54) is 12.8 Å². The largest absolute Gasteiger partial charge is 0.374 e. The van der Waals surface area contributed by atoms with Gasteiger partial charge in [-0.25, -0.2) is 0 Å². The second-order valence-corrected chi connectivity index (χ2v) is 5.73. The summed E-state index contributed by atoms with van der Waals surface area (Å²) in [5, 5.41) is 0. The Morgan fingerprint density at radius 2 is 1.25 bits per heavy atom. The van der Waals surface area contributed by atoms with Crippen molar-refractivity contribution in [3.05, 3.63) is 0 Å². The molecular weight excluding hydrogens is 148 g/mol. The number of hydrogen-bond donors (Lipinski definition) is 0. The fourth-order valence-corrected chi connectivity index (χ4v) is 5.87. The summed E-state index contributed by atoms with van der Waals surface area (Å²) in [6.45, 7) is 0. The molecule has 1 aliphatic heterocycles. The molecule has 5 aliphatic rings. The molecule has 0 radical (unpaired) electrons. The molecule has 1 nitrogen and oxygen atoms in total. The van der Waals surface area contributed by atoms with Crippen molar-refractivity contribution in [3.8, 4) is 0 Å². The van der Waals surface area contributed by atoms with Gasteiger partial charge in [-0.2, -0.15) is 0 Å². The molecule has 8 atom stereocenters. The zero-order valence-corrected chi connectivity index (χ0v) is 7.15. The van der Waals surface area contributed by atoms with Crippen LogP contribution in [0.3, 0.4) is 0 Å². The van der Waals surface area contributed by atoms with E-state index in [-0.39, 0.29) is 0 Å². The molecule has 4 aliphatic carbocycles. The highest BCUT2D eigenvalue weighted by atomic mass is 16.5. The Balaban J connectivity index is 1.87. The fourth-order valence-electron chi connectivity index (χ4n) is 5.87. The summed E-state index contributed by atoms with van der Waals surface area (Å²) in [7, 11) is 0. The van der Waals surface area contributed by atoms with Gasteiger partial charge in [0.1, 0.15) is 0 Å². The molecule has 1 saturated heterocycles. The minimum Gasteiger partial charge on any atom is -0.374 e. The Morgan fingerprint density at radius 1 is 0.667 bits per heavy atom. The normalized spacial score (nSPS) is 80.0. The number of fused-ring (bicyclic) bond motifs is 1. The molecule has 2 bridgehead atoms. The van der Waals surface area contributed by atoms with Crippen LogP contribution in [0.4, 0.5) is 0 Å². The molecule has 0 aromatic heterocycles. The summed E-state index contributed by atoms with van der Waals surface area (Å²) in [4.78, 5) is 0. The van der Waals surface area contributed by atoms with Crippen molar-refractivity contribution in [1.29, 1.82) is 0 Å². The Labute approximate surface area is 72.5 Å². The van der Waals surface area contributed by atoms with Crippen molar-refractivity contribution >= 4 is 0 Å². The summed E-state index contributed by atoms with van der Waals surface area (Å²) in [6, 6.07) is 0. The first-order chi connectivity index (χ1) is 5.93. The van der Waals surface area contributed by atoms with Crippen molar-refractivity contribution in [2.45, 2.75) is 31.5 Å². The van der Waals surface area contributed by atoms with Crippen molar-refractivity contribution in [2.24, 2.45) is 35.5 Å². The van der Waals surface area contributed by atoms with Crippen molar-refractivity contribution in [2.75, 3.05) is 0 Å². The summed E-state index contributed by atoms with van der Waals surface area (Å²) < 4.78 is 6.13. The Morgan fingerprint density at radius 3 is 1.83 bits per heavy atom. The summed E-state index contributed by atoms with van der Waals surface area (Å²) in [6.07, 6.45) is 5.95. The van der Waals surface area contributed by atoms with Gasteiger partial charge < -0.3 is 4.74 Å². The van der Waals surface area contributed by atoms with E-state index in [2.05, 4.69) is 0 Å². The lowest BCUT2D eigenvalue weighted by molar-refractivity contribution is 0.0392. The quantitative estimate of drug-likeness (QED) is 0.526. The molecule has 0 amide bonds. The summed E-state index contributed by atoms with van der Waals surface area (Å²) in [5.41, 5.74) is 0. The Kier molecular flexibility index (Phi) is 0.654. The van der Waals surface area contributed by atoms with E-state index in [0.717, 1.165) is 47.7 Å². The molecule has 1 heterocycles. The van der Waals surface area contributed by atoms with E-state index in [1.807, 2.05) is 0 Å². The zero-order chi connectivity index (χ0) is 7.45. The lowest BCUT2D eigenvalue weighted by atomic mass is 9.80. The molecule has 0 N–H and O–H groups in total. The molecule has 64 valence electrons. The van der Waals surface area contributed by atoms with Crippen LogP contribution >= 0.6 is 0 Å². The zero-order valence-electron chi connectivity index (χ0n) is 7.15. The van der Waals surface area contributed by atoms with Crippen LogP contribution in [-0.4, -0.2) is 12.2 Å². The monoisotopic (exact) mass is 162 g/mol. The summed E-state index contributed by atoms with van der Waals surface area (Å²) >= 11 is 0. The van der Waals surface area contributed by atoms with Crippen LogP contribution < -0.4 is 0 Å². The van der Waals surface area contributed by atoms with Crippen LogP contribution in [0.2, 0.25) is 0 Å². The maximum absolute atomic E-state index is 6.13. The standard InChI is InChI=1S/C11H14O/c1-6-4-2-8-10(6)11-7(1)5(4)3-9(11)12-8/h4-11H,1-3H2/t4-,5+,6+,7-,8-,9-,10+,11?/m1/s1. The molecular formula is C11H14O. The number of hydrogen-bond acceptors (Lipinski definition) is 1. The van der Waals surface area contributed by atoms with E-state index in [1.54, 1.807) is 6.42 Å². The van der Waals surface area contributed by atoms with Gasteiger partial charge in [0.05, 0.1) is 12.2 Å². The molecule has 1 unspecified atom stereocenters. The molecule has 0 aromatic rings. The third-order valence-corrected chi connectivity index (χ3v) is 5.84. The van der Waals surface area contributed by atoms with Crippen LogP contribution in [0.15, 0.2) is 0 Å². The highest BCUT2D eigenvalue weighted by molar-refractivity contribution is 5.20. The Bertz CT molecular complexity index is 244. The van der Waals surface area contributed by atoms with E-state index in [0.29, 0.717) is 0 Å². The first kappa shape index (κ1) is 5.64. The van der Waals surface area contributed by atoms with Crippen LogP contribution in [0.5, 0.6) is 0 Å². The van der Waals surface area contributed by atoms with E-state index in [4.69, 9.17) is 4.74 Å². The van der Waals surface area contributed by atoms with Gasteiger partial charge in [-0.3, -0.25) is 0 Å². The van der Waals surface area contributed by atoms with Crippen molar-refractivity contribution in [3.63, 3.8) is 0 Å². The molecule has 12 heavy (non-hydrogen) atoms. The third-order valence-electron chi connectivity index (χ3n) is 5.84. The van der Waals surface area contributed by atoms with E-state index in [9.17, 15) is 0 Å². The lowest BCUT2D eigenvalue weighted by Gasteiger charge is -2.23. The second kappa shape index (κ2) is 1.39.